The minimum absolute atomic E-state index is 0.581. The fraction of sp³-hybridized carbons (Fsp3) is 0.111. The number of hydrogen-bond donors (Lipinski definition) is 2. The first-order valence-electron chi connectivity index (χ1n) is 3.81. The molecule has 68 valence electrons. The SMILES string of the molecule is O=C(O)/C=C/NCc1cccnc1. The van der Waals surface area contributed by atoms with Crippen molar-refractivity contribution in [3.63, 3.8) is 0 Å². The zero-order valence-electron chi connectivity index (χ0n) is 6.97. The Hall–Kier alpha value is -1.84. The van der Waals surface area contributed by atoms with Crippen molar-refractivity contribution in [1.82, 2.24) is 10.3 Å². The highest BCUT2D eigenvalue weighted by Gasteiger charge is 1.88. The smallest absolute Gasteiger partial charge is 0.329 e. The van der Waals surface area contributed by atoms with Gasteiger partial charge in [0.1, 0.15) is 0 Å². The van der Waals surface area contributed by atoms with Crippen molar-refractivity contribution in [3.05, 3.63) is 42.4 Å². The first-order valence-corrected chi connectivity index (χ1v) is 3.81. The second-order valence-corrected chi connectivity index (χ2v) is 2.41. The highest BCUT2D eigenvalue weighted by molar-refractivity contribution is 5.79. The third-order valence-electron chi connectivity index (χ3n) is 1.37. The highest BCUT2D eigenvalue weighted by Crippen LogP contribution is 1.93. The van der Waals surface area contributed by atoms with Crippen molar-refractivity contribution < 1.29 is 9.90 Å². The van der Waals surface area contributed by atoms with Gasteiger partial charge in [0.2, 0.25) is 0 Å². The molecular formula is C9H10N2O2. The first kappa shape index (κ1) is 9.25. The molecule has 0 amide bonds. The maximum absolute atomic E-state index is 10.1. The van der Waals surface area contributed by atoms with E-state index in [9.17, 15) is 4.79 Å². The molecule has 0 fully saturated rings. The van der Waals surface area contributed by atoms with Gasteiger partial charge in [-0.05, 0) is 11.6 Å². The van der Waals surface area contributed by atoms with Gasteiger partial charge in [-0.2, -0.15) is 0 Å². The molecule has 1 aromatic rings. The van der Waals surface area contributed by atoms with Crippen LogP contribution in [-0.2, 0) is 11.3 Å². The molecular weight excluding hydrogens is 168 g/mol. The predicted molar refractivity (Wildman–Crippen MR) is 47.9 cm³/mol. The minimum atomic E-state index is -0.960. The number of rotatable bonds is 4. The fourth-order valence-electron chi connectivity index (χ4n) is 0.810. The van der Waals surface area contributed by atoms with E-state index in [4.69, 9.17) is 5.11 Å². The summed E-state index contributed by atoms with van der Waals surface area (Å²) in [4.78, 5) is 14.0. The third-order valence-corrected chi connectivity index (χ3v) is 1.37. The quantitative estimate of drug-likeness (QED) is 0.668. The summed E-state index contributed by atoms with van der Waals surface area (Å²) in [6.07, 6.45) is 5.86. The number of carboxylic acid groups (broad SMARTS) is 1. The lowest BCUT2D eigenvalue weighted by molar-refractivity contribution is -0.131. The van der Waals surface area contributed by atoms with E-state index in [2.05, 4.69) is 10.3 Å². The molecule has 0 radical (unpaired) electrons. The van der Waals surface area contributed by atoms with Crippen LogP contribution in [0.2, 0.25) is 0 Å². The number of nitrogens with zero attached hydrogens (tertiary/aromatic N) is 1. The summed E-state index contributed by atoms with van der Waals surface area (Å²) in [5, 5.41) is 11.1. The van der Waals surface area contributed by atoms with Crippen molar-refractivity contribution in [2.75, 3.05) is 0 Å². The van der Waals surface area contributed by atoms with Gasteiger partial charge in [0, 0.05) is 31.2 Å². The molecule has 1 heterocycles. The maximum atomic E-state index is 10.1. The Labute approximate surface area is 75.9 Å². The predicted octanol–water partition coefficient (Wildman–Crippen LogP) is 0.769. The van der Waals surface area contributed by atoms with Gasteiger partial charge in [0.15, 0.2) is 0 Å². The molecule has 0 unspecified atom stereocenters. The standard InChI is InChI=1S/C9H10N2O2/c12-9(13)3-5-11-7-8-2-1-4-10-6-8/h1-6,11H,7H2,(H,12,13)/b5-3+. The average Bonchev–Trinajstić information content (AvgIpc) is 2.14. The van der Waals surface area contributed by atoms with E-state index >= 15 is 0 Å². The summed E-state index contributed by atoms with van der Waals surface area (Å²) in [7, 11) is 0. The van der Waals surface area contributed by atoms with Crippen LogP contribution in [0.25, 0.3) is 0 Å². The van der Waals surface area contributed by atoms with E-state index in [1.54, 1.807) is 12.4 Å². The van der Waals surface area contributed by atoms with E-state index in [0.29, 0.717) is 6.54 Å². The van der Waals surface area contributed by atoms with Gasteiger partial charge in [0.25, 0.3) is 0 Å². The van der Waals surface area contributed by atoms with Crippen LogP contribution in [0, 0.1) is 0 Å². The number of hydrogen-bond acceptors (Lipinski definition) is 3. The molecule has 4 nitrogen and oxygen atoms in total. The lowest BCUT2D eigenvalue weighted by Gasteiger charge is -1.98. The molecule has 2 N–H and O–H groups in total. The van der Waals surface area contributed by atoms with Crippen LogP contribution in [0.4, 0.5) is 0 Å². The summed E-state index contributed by atoms with van der Waals surface area (Å²) in [6, 6.07) is 3.74. The summed E-state index contributed by atoms with van der Waals surface area (Å²) < 4.78 is 0. The Bertz CT molecular complexity index is 296. The number of pyridine rings is 1. The third kappa shape index (κ3) is 3.91. The Morgan fingerprint density at radius 2 is 2.54 bits per heavy atom. The molecule has 0 aliphatic heterocycles. The van der Waals surface area contributed by atoms with Gasteiger partial charge in [-0.15, -0.1) is 0 Å². The number of carboxylic acids is 1. The molecule has 0 saturated carbocycles. The second-order valence-electron chi connectivity index (χ2n) is 2.41. The molecule has 0 atom stereocenters. The van der Waals surface area contributed by atoms with E-state index in [0.717, 1.165) is 11.6 Å². The van der Waals surface area contributed by atoms with Gasteiger partial charge >= 0.3 is 5.97 Å². The molecule has 0 spiro atoms. The Morgan fingerprint density at radius 3 is 3.15 bits per heavy atom. The van der Waals surface area contributed by atoms with Crippen LogP contribution in [0.1, 0.15) is 5.56 Å². The Kier molecular flexibility index (Phi) is 3.50. The number of nitrogens with one attached hydrogen (secondary N) is 1. The monoisotopic (exact) mass is 178 g/mol. The van der Waals surface area contributed by atoms with Crippen molar-refractivity contribution in [2.45, 2.75) is 6.54 Å². The van der Waals surface area contributed by atoms with Crippen LogP contribution < -0.4 is 5.32 Å². The minimum Gasteiger partial charge on any atom is -0.478 e. The van der Waals surface area contributed by atoms with Crippen molar-refractivity contribution in [1.29, 1.82) is 0 Å². The van der Waals surface area contributed by atoms with E-state index in [1.165, 1.54) is 6.20 Å². The van der Waals surface area contributed by atoms with Crippen LogP contribution >= 0.6 is 0 Å². The molecule has 0 bridgehead atoms. The van der Waals surface area contributed by atoms with Gasteiger partial charge in [-0.1, -0.05) is 6.07 Å². The van der Waals surface area contributed by atoms with Gasteiger partial charge in [-0.3, -0.25) is 4.98 Å². The average molecular weight is 178 g/mol. The lowest BCUT2D eigenvalue weighted by atomic mass is 10.3. The number of aromatic nitrogens is 1. The summed E-state index contributed by atoms with van der Waals surface area (Å²) in [6.45, 7) is 0.581. The van der Waals surface area contributed by atoms with Crippen LogP contribution in [0.3, 0.4) is 0 Å². The molecule has 1 aromatic heterocycles. The van der Waals surface area contributed by atoms with E-state index in [1.807, 2.05) is 12.1 Å². The summed E-state index contributed by atoms with van der Waals surface area (Å²) in [5.41, 5.74) is 1.01. The molecule has 0 aliphatic rings. The van der Waals surface area contributed by atoms with Gasteiger partial charge < -0.3 is 10.4 Å². The zero-order chi connectivity index (χ0) is 9.52. The Morgan fingerprint density at radius 1 is 1.69 bits per heavy atom. The van der Waals surface area contributed by atoms with Gasteiger partial charge in [-0.25, -0.2) is 4.79 Å². The van der Waals surface area contributed by atoms with Gasteiger partial charge in [0.05, 0.1) is 0 Å². The molecule has 0 saturated heterocycles. The van der Waals surface area contributed by atoms with E-state index < -0.39 is 5.97 Å². The topological polar surface area (TPSA) is 62.2 Å². The molecule has 4 heteroatoms. The normalized spacial score (nSPS) is 10.2. The fourth-order valence-corrected chi connectivity index (χ4v) is 0.810. The second kappa shape index (κ2) is 4.92. The molecule has 13 heavy (non-hydrogen) atoms. The number of carbonyl (C=O) groups is 1. The van der Waals surface area contributed by atoms with Crippen LogP contribution in [0.15, 0.2) is 36.8 Å². The van der Waals surface area contributed by atoms with Crippen LogP contribution in [-0.4, -0.2) is 16.1 Å². The van der Waals surface area contributed by atoms with Crippen molar-refractivity contribution in [2.24, 2.45) is 0 Å². The molecule has 1 rings (SSSR count). The largest absolute Gasteiger partial charge is 0.478 e. The summed E-state index contributed by atoms with van der Waals surface area (Å²) in [5.74, 6) is -0.960. The van der Waals surface area contributed by atoms with Crippen molar-refractivity contribution >= 4 is 5.97 Å². The molecule has 0 aliphatic carbocycles. The van der Waals surface area contributed by atoms with Crippen molar-refractivity contribution in [3.8, 4) is 0 Å². The Balaban J connectivity index is 2.32. The summed E-state index contributed by atoms with van der Waals surface area (Å²) >= 11 is 0. The maximum Gasteiger partial charge on any atom is 0.329 e. The van der Waals surface area contributed by atoms with Crippen LogP contribution in [0.5, 0.6) is 0 Å². The highest BCUT2D eigenvalue weighted by atomic mass is 16.4. The van der Waals surface area contributed by atoms with E-state index in [-0.39, 0.29) is 0 Å². The first-order chi connectivity index (χ1) is 6.29. The molecule has 0 aromatic carbocycles. The zero-order valence-corrected chi connectivity index (χ0v) is 6.97. The number of aliphatic carboxylic acids is 1. The lowest BCUT2D eigenvalue weighted by Crippen LogP contribution is -2.05.